The number of halogens is 1. The highest BCUT2D eigenvalue weighted by atomic mass is 35.5. The van der Waals surface area contributed by atoms with Gasteiger partial charge in [0.1, 0.15) is 24.0 Å². The van der Waals surface area contributed by atoms with Crippen LogP contribution < -0.4 is 4.74 Å². The van der Waals surface area contributed by atoms with E-state index in [9.17, 15) is 10.2 Å². The minimum absolute atomic E-state index is 0.131. The van der Waals surface area contributed by atoms with E-state index in [0.29, 0.717) is 24.1 Å². The Morgan fingerprint density at radius 3 is 3.06 bits per heavy atom. The van der Waals surface area contributed by atoms with Crippen LogP contribution in [-0.2, 0) is 4.74 Å². The zero-order valence-corrected chi connectivity index (χ0v) is 9.88. The lowest BCUT2D eigenvalue weighted by atomic mass is 10.0. The molecule has 1 fully saturated rings. The van der Waals surface area contributed by atoms with Crippen LogP contribution in [-0.4, -0.2) is 46.7 Å². The van der Waals surface area contributed by atoms with Crippen molar-refractivity contribution in [1.29, 1.82) is 0 Å². The molecule has 1 saturated heterocycles. The molecule has 6 heteroatoms. The highest BCUT2D eigenvalue weighted by Gasteiger charge is 2.31. The number of aromatic nitrogens is 1. The summed E-state index contributed by atoms with van der Waals surface area (Å²) in [5.41, 5.74) is 0. The zero-order valence-electron chi connectivity index (χ0n) is 9.12. The molecule has 94 valence electrons. The van der Waals surface area contributed by atoms with Crippen molar-refractivity contribution in [1.82, 2.24) is 4.98 Å². The number of ether oxygens (including phenoxy) is 2. The second-order valence-electron chi connectivity index (χ2n) is 3.87. The average molecular weight is 260 g/mol. The van der Waals surface area contributed by atoms with Gasteiger partial charge in [-0.3, -0.25) is 0 Å². The normalized spacial score (nSPS) is 29.0. The first-order valence-corrected chi connectivity index (χ1v) is 5.77. The first-order valence-electron chi connectivity index (χ1n) is 5.40. The van der Waals surface area contributed by atoms with Crippen LogP contribution in [0.2, 0.25) is 5.15 Å². The van der Waals surface area contributed by atoms with Gasteiger partial charge in [-0.2, -0.15) is 0 Å². The molecular formula is C11H14ClNO4. The van der Waals surface area contributed by atoms with Gasteiger partial charge in [0.25, 0.3) is 0 Å². The van der Waals surface area contributed by atoms with E-state index in [2.05, 4.69) is 4.98 Å². The molecule has 0 spiro atoms. The summed E-state index contributed by atoms with van der Waals surface area (Å²) in [4.78, 5) is 3.95. The first kappa shape index (κ1) is 12.6. The molecule has 17 heavy (non-hydrogen) atoms. The fourth-order valence-corrected chi connectivity index (χ4v) is 1.80. The van der Waals surface area contributed by atoms with E-state index in [-0.39, 0.29) is 6.61 Å². The summed E-state index contributed by atoms with van der Waals surface area (Å²) < 4.78 is 10.7. The van der Waals surface area contributed by atoms with Gasteiger partial charge >= 0.3 is 0 Å². The fourth-order valence-electron chi connectivity index (χ4n) is 1.64. The van der Waals surface area contributed by atoms with Gasteiger partial charge in [0, 0.05) is 12.7 Å². The highest BCUT2D eigenvalue weighted by Crippen LogP contribution is 2.17. The summed E-state index contributed by atoms with van der Waals surface area (Å²) >= 11 is 5.71. The van der Waals surface area contributed by atoms with Gasteiger partial charge in [0.15, 0.2) is 0 Å². The van der Waals surface area contributed by atoms with Gasteiger partial charge in [0.05, 0.1) is 6.10 Å². The van der Waals surface area contributed by atoms with Crippen LogP contribution in [0.5, 0.6) is 5.88 Å². The Labute approximate surface area is 104 Å². The van der Waals surface area contributed by atoms with Crippen LogP contribution in [0.3, 0.4) is 0 Å². The van der Waals surface area contributed by atoms with Crippen molar-refractivity contribution in [2.75, 3.05) is 13.2 Å². The standard InChI is InChI=1S/C11H14ClNO4/c12-9-2-1-3-10(13-9)17-6-8-11(15)7(14)4-5-16-8/h1-3,7-8,11,14-15H,4-6H2. The van der Waals surface area contributed by atoms with E-state index in [0.717, 1.165) is 0 Å². The summed E-state index contributed by atoms with van der Waals surface area (Å²) in [6, 6.07) is 5.03. The second kappa shape index (κ2) is 5.64. The molecule has 0 amide bonds. The average Bonchev–Trinajstić information content (AvgIpc) is 2.31. The largest absolute Gasteiger partial charge is 0.475 e. The maximum atomic E-state index is 9.67. The van der Waals surface area contributed by atoms with Gasteiger partial charge in [-0.25, -0.2) is 4.98 Å². The van der Waals surface area contributed by atoms with Crippen molar-refractivity contribution in [2.24, 2.45) is 0 Å². The number of hydrogen-bond acceptors (Lipinski definition) is 5. The summed E-state index contributed by atoms with van der Waals surface area (Å²) in [6.45, 7) is 0.542. The fraction of sp³-hybridized carbons (Fsp3) is 0.545. The maximum absolute atomic E-state index is 9.67. The molecule has 0 saturated carbocycles. The summed E-state index contributed by atoms with van der Waals surface area (Å²) in [6.07, 6.45) is -1.79. The lowest BCUT2D eigenvalue weighted by Gasteiger charge is -2.31. The van der Waals surface area contributed by atoms with Crippen LogP contribution in [0.4, 0.5) is 0 Å². The van der Waals surface area contributed by atoms with E-state index < -0.39 is 18.3 Å². The molecule has 1 aromatic heterocycles. The van der Waals surface area contributed by atoms with Crippen molar-refractivity contribution < 1.29 is 19.7 Å². The molecule has 2 N–H and O–H groups in total. The molecule has 5 nitrogen and oxygen atoms in total. The number of pyridine rings is 1. The van der Waals surface area contributed by atoms with Crippen LogP contribution in [0.15, 0.2) is 18.2 Å². The molecular weight excluding hydrogens is 246 g/mol. The van der Waals surface area contributed by atoms with Gasteiger partial charge in [-0.15, -0.1) is 0 Å². The molecule has 0 aliphatic carbocycles. The Balaban J connectivity index is 1.89. The van der Waals surface area contributed by atoms with Crippen molar-refractivity contribution in [3.05, 3.63) is 23.4 Å². The predicted octanol–water partition coefficient (Wildman–Crippen LogP) is 0.625. The van der Waals surface area contributed by atoms with Gasteiger partial charge in [0.2, 0.25) is 5.88 Å². The van der Waals surface area contributed by atoms with Crippen LogP contribution in [0.25, 0.3) is 0 Å². The van der Waals surface area contributed by atoms with E-state index >= 15 is 0 Å². The molecule has 2 heterocycles. The third-order valence-electron chi connectivity index (χ3n) is 2.61. The highest BCUT2D eigenvalue weighted by molar-refractivity contribution is 6.29. The number of aliphatic hydroxyl groups is 2. The summed E-state index contributed by atoms with van der Waals surface area (Å²) in [7, 11) is 0. The maximum Gasteiger partial charge on any atom is 0.214 e. The van der Waals surface area contributed by atoms with E-state index in [1.807, 2.05) is 0 Å². The first-order chi connectivity index (χ1) is 8.16. The van der Waals surface area contributed by atoms with Gasteiger partial charge in [-0.1, -0.05) is 17.7 Å². The van der Waals surface area contributed by atoms with E-state index in [1.165, 1.54) is 0 Å². The minimum atomic E-state index is -0.928. The van der Waals surface area contributed by atoms with Crippen molar-refractivity contribution in [3.63, 3.8) is 0 Å². The Morgan fingerprint density at radius 2 is 2.29 bits per heavy atom. The van der Waals surface area contributed by atoms with Crippen molar-refractivity contribution in [3.8, 4) is 5.88 Å². The van der Waals surface area contributed by atoms with Gasteiger partial charge in [-0.05, 0) is 12.5 Å². The predicted molar refractivity (Wildman–Crippen MR) is 61.1 cm³/mol. The van der Waals surface area contributed by atoms with Crippen LogP contribution in [0.1, 0.15) is 6.42 Å². The third kappa shape index (κ3) is 3.29. The Morgan fingerprint density at radius 1 is 1.47 bits per heavy atom. The van der Waals surface area contributed by atoms with Crippen LogP contribution in [0, 0.1) is 0 Å². The Kier molecular flexibility index (Phi) is 4.17. The van der Waals surface area contributed by atoms with E-state index in [1.54, 1.807) is 18.2 Å². The topological polar surface area (TPSA) is 71.8 Å². The molecule has 2 rings (SSSR count). The van der Waals surface area contributed by atoms with Crippen molar-refractivity contribution in [2.45, 2.75) is 24.7 Å². The summed E-state index contributed by atoms with van der Waals surface area (Å²) in [5.74, 6) is 0.369. The second-order valence-corrected chi connectivity index (χ2v) is 4.25. The molecule has 3 atom stereocenters. The number of hydrogen-bond donors (Lipinski definition) is 2. The summed E-state index contributed by atoms with van der Waals surface area (Å²) in [5, 5.41) is 19.5. The number of rotatable bonds is 3. The Hall–Kier alpha value is -0.880. The molecule has 1 aliphatic rings. The SMILES string of the molecule is OC1CCOC(COc2cccc(Cl)n2)C1O. The third-order valence-corrected chi connectivity index (χ3v) is 2.82. The monoisotopic (exact) mass is 259 g/mol. The molecule has 1 aromatic rings. The van der Waals surface area contributed by atoms with Crippen molar-refractivity contribution >= 4 is 11.6 Å². The van der Waals surface area contributed by atoms with E-state index in [4.69, 9.17) is 21.1 Å². The molecule has 0 aromatic carbocycles. The zero-order chi connectivity index (χ0) is 12.3. The smallest absolute Gasteiger partial charge is 0.214 e. The quantitative estimate of drug-likeness (QED) is 0.779. The number of nitrogens with zero attached hydrogens (tertiary/aromatic N) is 1. The lowest BCUT2D eigenvalue weighted by Crippen LogP contribution is -2.47. The minimum Gasteiger partial charge on any atom is -0.475 e. The molecule has 3 unspecified atom stereocenters. The molecule has 0 bridgehead atoms. The molecule has 1 aliphatic heterocycles. The van der Waals surface area contributed by atoms with Crippen LogP contribution >= 0.6 is 11.6 Å². The Bertz CT molecular complexity index is 376. The lowest BCUT2D eigenvalue weighted by molar-refractivity contribution is -0.144. The molecule has 0 radical (unpaired) electrons. The van der Waals surface area contributed by atoms with Gasteiger partial charge < -0.3 is 19.7 Å². The number of aliphatic hydroxyl groups excluding tert-OH is 2.